The molecule has 2 nitrogen and oxygen atoms in total. The lowest BCUT2D eigenvalue weighted by molar-refractivity contribution is 1.19. The van der Waals surface area contributed by atoms with E-state index in [1.807, 2.05) is 0 Å². The predicted molar refractivity (Wildman–Crippen MR) is 255 cm³/mol. The summed E-state index contributed by atoms with van der Waals surface area (Å²) in [5.74, 6) is 0. The minimum Gasteiger partial charge on any atom is -0.310 e. The Kier molecular flexibility index (Phi) is 8.87. The Morgan fingerprint density at radius 1 is 0.317 bits per heavy atom. The van der Waals surface area contributed by atoms with E-state index in [-0.39, 0.29) is 0 Å². The van der Waals surface area contributed by atoms with Crippen LogP contribution < -0.4 is 4.90 Å². The van der Waals surface area contributed by atoms with Crippen molar-refractivity contribution in [2.24, 2.45) is 0 Å². The van der Waals surface area contributed by atoms with Gasteiger partial charge in [0.1, 0.15) is 0 Å². The number of hydrogen-bond acceptors (Lipinski definition) is 1. The van der Waals surface area contributed by atoms with Gasteiger partial charge in [-0.05, 0) is 92.9 Å². The maximum absolute atomic E-state index is 2.44. The van der Waals surface area contributed by atoms with Crippen LogP contribution in [0.1, 0.15) is 0 Å². The zero-order valence-electron chi connectivity index (χ0n) is 33.0. The first-order valence-corrected chi connectivity index (χ1v) is 20.6. The second kappa shape index (κ2) is 15.1. The molecule has 282 valence electrons. The van der Waals surface area contributed by atoms with Crippen molar-refractivity contribution >= 4 is 49.6 Å². The third-order valence-electron chi connectivity index (χ3n) is 11.8. The summed E-state index contributed by atoms with van der Waals surface area (Å²) < 4.78 is 2.44. The minimum atomic E-state index is 1.09. The van der Waals surface area contributed by atoms with Crippen LogP contribution in [0.4, 0.5) is 17.1 Å². The molecule has 1 aromatic heterocycles. The smallest absolute Gasteiger partial charge is 0.0619 e. The van der Waals surface area contributed by atoms with Gasteiger partial charge in [0, 0.05) is 38.8 Å². The van der Waals surface area contributed by atoms with Crippen molar-refractivity contribution in [3.8, 4) is 50.2 Å². The summed E-state index contributed by atoms with van der Waals surface area (Å²) >= 11 is 0. The van der Waals surface area contributed by atoms with Crippen LogP contribution in [0.3, 0.4) is 0 Å². The summed E-state index contributed by atoms with van der Waals surface area (Å²) in [6, 6.07) is 87.8. The van der Waals surface area contributed by atoms with Gasteiger partial charge < -0.3 is 9.47 Å². The maximum atomic E-state index is 2.44. The quantitative estimate of drug-likeness (QED) is 0.150. The molecule has 11 aromatic rings. The molecule has 0 unspecified atom stereocenters. The van der Waals surface area contributed by atoms with Crippen molar-refractivity contribution in [3.63, 3.8) is 0 Å². The summed E-state index contributed by atoms with van der Waals surface area (Å²) in [4.78, 5) is 2.41. The van der Waals surface area contributed by atoms with Gasteiger partial charge >= 0.3 is 0 Å². The third kappa shape index (κ3) is 6.23. The van der Waals surface area contributed by atoms with Crippen molar-refractivity contribution < 1.29 is 0 Å². The molecule has 60 heavy (non-hydrogen) atoms. The predicted octanol–water partition coefficient (Wildman–Crippen LogP) is 16.1. The first-order valence-electron chi connectivity index (χ1n) is 20.6. The highest BCUT2D eigenvalue weighted by Crippen LogP contribution is 2.45. The van der Waals surface area contributed by atoms with E-state index in [0.29, 0.717) is 0 Å². The van der Waals surface area contributed by atoms with Crippen LogP contribution in [0.25, 0.3) is 82.8 Å². The number of hydrogen-bond donors (Lipinski definition) is 0. The van der Waals surface area contributed by atoms with E-state index < -0.39 is 0 Å². The Morgan fingerprint density at radius 2 is 0.867 bits per heavy atom. The van der Waals surface area contributed by atoms with Crippen LogP contribution in [-0.2, 0) is 0 Å². The summed E-state index contributed by atoms with van der Waals surface area (Å²) in [5.41, 5.74) is 16.4. The average Bonchev–Trinajstić information content (AvgIpc) is 3.68. The van der Waals surface area contributed by atoms with Gasteiger partial charge in [0.2, 0.25) is 0 Å². The van der Waals surface area contributed by atoms with Crippen LogP contribution in [0, 0.1) is 0 Å². The zero-order chi connectivity index (χ0) is 39.8. The number of para-hydroxylation sites is 2. The number of anilines is 3. The first-order chi connectivity index (χ1) is 29.8. The molecule has 0 radical (unpaired) electrons. The van der Waals surface area contributed by atoms with Crippen LogP contribution in [0.15, 0.2) is 243 Å². The number of rotatable bonds is 8. The molecule has 0 aliphatic heterocycles. The van der Waals surface area contributed by atoms with Crippen molar-refractivity contribution in [2.75, 3.05) is 4.90 Å². The monoisotopic (exact) mass is 764 g/mol. The summed E-state index contributed by atoms with van der Waals surface area (Å²) in [5, 5.41) is 4.97. The van der Waals surface area contributed by atoms with Gasteiger partial charge in [-0.1, -0.05) is 194 Å². The van der Waals surface area contributed by atoms with E-state index in [0.717, 1.165) is 28.3 Å². The Hall–Kier alpha value is -7.94. The number of benzene rings is 10. The molecule has 2 heteroatoms. The van der Waals surface area contributed by atoms with Crippen molar-refractivity contribution in [2.45, 2.75) is 0 Å². The molecule has 0 aliphatic carbocycles. The Balaban J connectivity index is 1.07. The van der Waals surface area contributed by atoms with Gasteiger partial charge in [-0.25, -0.2) is 0 Å². The Labute approximate surface area is 350 Å². The number of nitrogens with zero attached hydrogens (tertiary/aromatic N) is 2. The van der Waals surface area contributed by atoms with E-state index in [9.17, 15) is 0 Å². The Morgan fingerprint density at radius 3 is 1.60 bits per heavy atom. The van der Waals surface area contributed by atoms with Gasteiger partial charge in [-0.2, -0.15) is 0 Å². The molecule has 0 N–H and O–H groups in total. The fourth-order valence-corrected chi connectivity index (χ4v) is 8.97. The minimum absolute atomic E-state index is 1.09. The normalized spacial score (nSPS) is 11.3. The molecule has 1 heterocycles. The first kappa shape index (κ1) is 35.2. The molecule has 0 aliphatic rings. The fraction of sp³-hybridized carbons (Fsp3) is 0. The summed E-state index contributed by atoms with van der Waals surface area (Å²) in [7, 11) is 0. The molecule has 0 saturated heterocycles. The molecule has 0 fully saturated rings. The topological polar surface area (TPSA) is 8.17 Å². The molecule has 0 saturated carbocycles. The second-order valence-corrected chi connectivity index (χ2v) is 15.3. The van der Waals surface area contributed by atoms with Crippen molar-refractivity contribution in [1.29, 1.82) is 0 Å². The van der Waals surface area contributed by atoms with Gasteiger partial charge in [0.05, 0.1) is 16.7 Å². The maximum Gasteiger partial charge on any atom is 0.0619 e. The van der Waals surface area contributed by atoms with Crippen LogP contribution in [0.5, 0.6) is 0 Å². The van der Waals surface area contributed by atoms with E-state index in [1.165, 1.54) is 71.5 Å². The lowest BCUT2D eigenvalue weighted by Crippen LogP contribution is -2.11. The number of fused-ring (bicyclic) bond motifs is 5. The average molecular weight is 765 g/mol. The van der Waals surface area contributed by atoms with E-state index in [2.05, 4.69) is 252 Å². The van der Waals surface area contributed by atoms with Crippen LogP contribution in [-0.4, -0.2) is 4.57 Å². The van der Waals surface area contributed by atoms with Crippen LogP contribution >= 0.6 is 0 Å². The molecule has 10 aromatic carbocycles. The lowest BCUT2D eigenvalue weighted by Gasteiger charge is -2.28. The summed E-state index contributed by atoms with van der Waals surface area (Å²) in [6.07, 6.45) is 0. The highest BCUT2D eigenvalue weighted by molar-refractivity contribution is 6.22. The van der Waals surface area contributed by atoms with Crippen molar-refractivity contribution in [1.82, 2.24) is 4.57 Å². The molecule has 11 rings (SSSR count). The molecule has 0 bridgehead atoms. The zero-order valence-corrected chi connectivity index (χ0v) is 33.0. The van der Waals surface area contributed by atoms with Crippen molar-refractivity contribution in [3.05, 3.63) is 243 Å². The van der Waals surface area contributed by atoms with Gasteiger partial charge in [-0.15, -0.1) is 0 Å². The number of aromatic nitrogens is 1. The largest absolute Gasteiger partial charge is 0.310 e. The molecular weight excluding hydrogens is 725 g/mol. The van der Waals surface area contributed by atoms with E-state index in [1.54, 1.807) is 0 Å². The fourth-order valence-electron chi connectivity index (χ4n) is 8.97. The van der Waals surface area contributed by atoms with Gasteiger partial charge in [0.15, 0.2) is 0 Å². The standard InChI is InChI=1S/C58H40N2/c1-4-16-41(17-5-1)42-30-32-43(33-31-42)44-34-37-49(38-35-44)59(55-28-13-12-25-51(55)45-18-6-2-7-19-45)50-24-14-21-47(40-50)52-27-15-29-56-57(52)54-39-36-46-20-10-11-26-53(46)58(54)60(56)48-22-8-3-9-23-48/h1-40H. The molecule has 0 spiro atoms. The lowest BCUT2D eigenvalue weighted by atomic mass is 9.97. The van der Waals surface area contributed by atoms with Gasteiger partial charge in [0.25, 0.3) is 0 Å². The molecular formula is C58H40N2. The highest BCUT2D eigenvalue weighted by Gasteiger charge is 2.21. The SMILES string of the molecule is c1ccc(-c2ccc(-c3ccc(N(c4cccc(-c5cccc6c5c5ccc7ccccc7c5n6-c5ccccc5)c4)c4ccccc4-c4ccccc4)cc3)cc2)cc1. The van der Waals surface area contributed by atoms with Gasteiger partial charge in [-0.3, -0.25) is 0 Å². The van der Waals surface area contributed by atoms with Crippen LogP contribution in [0.2, 0.25) is 0 Å². The molecule has 0 atom stereocenters. The summed E-state index contributed by atoms with van der Waals surface area (Å²) in [6.45, 7) is 0. The van der Waals surface area contributed by atoms with E-state index in [4.69, 9.17) is 0 Å². The van der Waals surface area contributed by atoms with E-state index >= 15 is 0 Å². The third-order valence-corrected chi connectivity index (χ3v) is 11.8. The highest BCUT2D eigenvalue weighted by atomic mass is 15.1. The second-order valence-electron chi connectivity index (χ2n) is 15.3. The molecule has 0 amide bonds. The Bertz CT molecular complexity index is 3270.